The van der Waals surface area contributed by atoms with Crippen molar-refractivity contribution in [3.63, 3.8) is 0 Å². The number of aromatic amines is 1. The summed E-state index contributed by atoms with van der Waals surface area (Å²) in [6, 6.07) is 9.01. The maximum atomic E-state index is 12.8. The standard InChI is InChI=1S/C21H24F3N5O/c1-28-18(5-8-25-28)14-29-9-6-15(13-29)20-12-17(26-27-20)7-10-30-19-4-2-3-16(11-19)21(22,23)24/h2-5,8,11-12,15H,6-7,9-10,13-14H2,1H3,(H,26,27). The number of H-pyrrole nitrogens is 1. The van der Waals surface area contributed by atoms with Gasteiger partial charge in [-0.15, -0.1) is 0 Å². The number of likely N-dealkylation sites (tertiary alicyclic amines) is 1. The molecule has 1 atom stereocenters. The zero-order valence-corrected chi connectivity index (χ0v) is 16.7. The summed E-state index contributed by atoms with van der Waals surface area (Å²) in [7, 11) is 1.95. The maximum absolute atomic E-state index is 12.8. The highest BCUT2D eigenvalue weighted by Gasteiger charge is 2.30. The van der Waals surface area contributed by atoms with Crippen molar-refractivity contribution < 1.29 is 17.9 Å². The predicted molar refractivity (Wildman–Crippen MR) is 105 cm³/mol. The van der Waals surface area contributed by atoms with E-state index in [1.807, 2.05) is 30.1 Å². The molecule has 0 spiro atoms. The molecule has 160 valence electrons. The minimum absolute atomic E-state index is 0.214. The fourth-order valence-corrected chi connectivity index (χ4v) is 3.76. The van der Waals surface area contributed by atoms with E-state index in [1.165, 1.54) is 17.8 Å². The van der Waals surface area contributed by atoms with Crippen LogP contribution in [-0.4, -0.2) is 44.6 Å². The second-order valence-corrected chi connectivity index (χ2v) is 7.61. The van der Waals surface area contributed by atoms with Crippen LogP contribution in [0, 0.1) is 0 Å². The van der Waals surface area contributed by atoms with Gasteiger partial charge in [0.1, 0.15) is 5.75 Å². The Morgan fingerprint density at radius 1 is 1.23 bits per heavy atom. The molecule has 0 radical (unpaired) electrons. The Balaban J connectivity index is 1.27. The molecular formula is C21H24F3N5O. The monoisotopic (exact) mass is 419 g/mol. The Morgan fingerprint density at radius 2 is 2.10 bits per heavy atom. The fourth-order valence-electron chi connectivity index (χ4n) is 3.76. The first-order chi connectivity index (χ1) is 14.4. The van der Waals surface area contributed by atoms with Crippen molar-refractivity contribution >= 4 is 0 Å². The molecule has 2 aromatic heterocycles. The van der Waals surface area contributed by atoms with Gasteiger partial charge in [0.15, 0.2) is 0 Å². The minimum Gasteiger partial charge on any atom is -0.493 e. The van der Waals surface area contributed by atoms with Gasteiger partial charge in [0.25, 0.3) is 0 Å². The van der Waals surface area contributed by atoms with Crippen LogP contribution in [0.5, 0.6) is 5.75 Å². The summed E-state index contributed by atoms with van der Waals surface area (Å²) in [5.74, 6) is 0.582. The van der Waals surface area contributed by atoms with Gasteiger partial charge in [0.2, 0.25) is 0 Å². The Labute approximate surface area is 172 Å². The van der Waals surface area contributed by atoms with Gasteiger partial charge in [-0.1, -0.05) is 6.07 Å². The molecule has 1 saturated heterocycles. The van der Waals surface area contributed by atoms with Gasteiger partial charge >= 0.3 is 6.18 Å². The summed E-state index contributed by atoms with van der Waals surface area (Å²) in [4.78, 5) is 2.40. The molecule has 1 fully saturated rings. The second kappa shape index (κ2) is 8.51. The first kappa shape index (κ1) is 20.5. The van der Waals surface area contributed by atoms with E-state index >= 15 is 0 Å². The average molecular weight is 419 g/mol. The van der Waals surface area contributed by atoms with E-state index in [0.717, 1.165) is 49.6 Å². The van der Waals surface area contributed by atoms with Crippen molar-refractivity contribution in [2.24, 2.45) is 7.05 Å². The summed E-state index contributed by atoms with van der Waals surface area (Å²) in [6.45, 7) is 3.10. The smallest absolute Gasteiger partial charge is 0.416 e. The number of benzene rings is 1. The van der Waals surface area contributed by atoms with E-state index in [-0.39, 0.29) is 12.4 Å². The number of alkyl halides is 3. The first-order valence-corrected chi connectivity index (χ1v) is 9.92. The van der Waals surface area contributed by atoms with Crippen molar-refractivity contribution in [2.45, 2.75) is 31.5 Å². The Morgan fingerprint density at radius 3 is 2.87 bits per heavy atom. The predicted octanol–water partition coefficient (Wildman–Crippen LogP) is 3.77. The molecular weight excluding hydrogens is 395 g/mol. The molecule has 9 heteroatoms. The van der Waals surface area contributed by atoms with Crippen LogP contribution in [0.15, 0.2) is 42.6 Å². The largest absolute Gasteiger partial charge is 0.493 e. The molecule has 6 nitrogen and oxygen atoms in total. The third-order valence-electron chi connectivity index (χ3n) is 5.45. The molecule has 1 N–H and O–H groups in total. The van der Waals surface area contributed by atoms with E-state index in [9.17, 15) is 13.2 Å². The molecule has 1 aliphatic heterocycles. The van der Waals surface area contributed by atoms with Crippen LogP contribution in [0.2, 0.25) is 0 Å². The summed E-state index contributed by atoms with van der Waals surface area (Å²) in [5.41, 5.74) is 2.42. The van der Waals surface area contributed by atoms with E-state index in [4.69, 9.17) is 4.74 Å². The zero-order valence-electron chi connectivity index (χ0n) is 16.7. The van der Waals surface area contributed by atoms with E-state index in [1.54, 1.807) is 0 Å². The third kappa shape index (κ3) is 4.84. The number of hydrogen-bond acceptors (Lipinski definition) is 4. The highest BCUT2D eigenvalue weighted by atomic mass is 19.4. The number of aryl methyl sites for hydroxylation is 1. The van der Waals surface area contributed by atoms with Gasteiger partial charge in [-0.05, 0) is 43.3 Å². The second-order valence-electron chi connectivity index (χ2n) is 7.61. The van der Waals surface area contributed by atoms with Gasteiger partial charge in [-0.2, -0.15) is 23.4 Å². The zero-order chi connectivity index (χ0) is 21.1. The molecule has 4 rings (SSSR count). The number of nitrogens with zero attached hydrogens (tertiary/aromatic N) is 4. The van der Waals surface area contributed by atoms with Gasteiger partial charge < -0.3 is 4.74 Å². The van der Waals surface area contributed by atoms with Gasteiger partial charge in [-0.3, -0.25) is 14.7 Å². The van der Waals surface area contributed by atoms with E-state index < -0.39 is 11.7 Å². The molecule has 0 aliphatic carbocycles. The van der Waals surface area contributed by atoms with Crippen LogP contribution < -0.4 is 4.74 Å². The molecule has 1 unspecified atom stereocenters. The summed E-state index contributed by atoms with van der Waals surface area (Å²) in [6.07, 6.45) is -0.967. The molecule has 0 amide bonds. The summed E-state index contributed by atoms with van der Waals surface area (Å²) in [5, 5.41) is 11.7. The third-order valence-corrected chi connectivity index (χ3v) is 5.45. The minimum atomic E-state index is -4.37. The number of hydrogen-bond donors (Lipinski definition) is 1. The van der Waals surface area contributed by atoms with Crippen molar-refractivity contribution in [1.82, 2.24) is 24.9 Å². The van der Waals surface area contributed by atoms with Crippen molar-refractivity contribution in [3.8, 4) is 5.75 Å². The summed E-state index contributed by atoms with van der Waals surface area (Å²) < 4.78 is 45.7. The lowest BCUT2D eigenvalue weighted by molar-refractivity contribution is -0.137. The fraction of sp³-hybridized carbons (Fsp3) is 0.429. The van der Waals surface area contributed by atoms with Gasteiger partial charge in [0.05, 0.1) is 23.6 Å². The van der Waals surface area contributed by atoms with Gasteiger partial charge in [-0.25, -0.2) is 0 Å². The number of nitrogens with one attached hydrogen (secondary N) is 1. The molecule has 3 aromatic rings. The van der Waals surface area contributed by atoms with Crippen LogP contribution in [-0.2, 0) is 26.2 Å². The topological polar surface area (TPSA) is 59.0 Å². The van der Waals surface area contributed by atoms with Crippen molar-refractivity contribution in [2.75, 3.05) is 19.7 Å². The lowest BCUT2D eigenvalue weighted by atomic mass is 10.0. The number of ether oxygens (including phenoxy) is 1. The number of aromatic nitrogens is 4. The lowest BCUT2D eigenvalue weighted by Gasteiger charge is -2.15. The molecule has 1 aromatic carbocycles. The van der Waals surface area contributed by atoms with Crippen LogP contribution >= 0.6 is 0 Å². The molecule has 3 heterocycles. The molecule has 1 aliphatic rings. The Bertz CT molecular complexity index is 981. The summed E-state index contributed by atoms with van der Waals surface area (Å²) >= 11 is 0. The highest BCUT2D eigenvalue weighted by Crippen LogP contribution is 2.31. The number of rotatable bonds is 7. The Hall–Kier alpha value is -2.81. The molecule has 0 bridgehead atoms. The van der Waals surface area contributed by atoms with Gasteiger partial charge in [0, 0.05) is 44.4 Å². The highest BCUT2D eigenvalue weighted by molar-refractivity contribution is 5.30. The van der Waals surface area contributed by atoms with Crippen LogP contribution in [0.1, 0.15) is 35.0 Å². The first-order valence-electron chi connectivity index (χ1n) is 9.92. The average Bonchev–Trinajstić information content (AvgIpc) is 3.44. The van der Waals surface area contributed by atoms with Crippen molar-refractivity contribution in [3.05, 3.63) is 65.2 Å². The van der Waals surface area contributed by atoms with E-state index in [2.05, 4.69) is 20.2 Å². The number of halogens is 3. The van der Waals surface area contributed by atoms with Crippen molar-refractivity contribution in [1.29, 1.82) is 0 Å². The van der Waals surface area contributed by atoms with Crippen LogP contribution in [0.3, 0.4) is 0 Å². The van der Waals surface area contributed by atoms with E-state index in [0.29, 0.717) is 12.3 Å². The molecule has 30 heavy (non-hydrogen) atoms. The normalized spacial score (nSPS) is 17.5. The lowest BCUT2D eigenvalue weighted by Crippen LogP contribution is -2.21. The molecule has 0 saturated carbocycles. The van der Waals surface area contributed by atoms with Crippen LogP contribution in [0.25, 0.3) is 0 Å². The van der Waals surface area contributed by atoms with Crippen LogP contribution in [0.4, 0.5) is 13.2 Å². The quantitative estimate of drug-likeness (QED) is 0.633. The SMILES string of the molecule is Cn1nccc1CN1CCC(c2cc(CCOc3cccc(C(F)(F)F)c3)[nH]n2)C1. The Kier molecular flexibility index (Phi) is 5.80. The maximum Gasteiger partial charge on any atom is 0.416 e.